The number of aliphatic hydroxyl groups is 1. The number of benzene rings is 1. The Labute approximate surface area is 125 Å². The molecule has 0 radical (unpaired) electrons. The van der Waals surface area contributed by atoms with Crippen LogP contribution in [0.4, 0.5) is 0 Å². The van der Waals surface area contributed by atoms with E-state index in [0.717, 1.165) is 5.56 Å². The lowest BCUT2D eigenvalue weighted by atomic mass is 9.91. The average Bonchev–Trinajstić information content (AvgIpc) is 2.45. The molecule has 0 heterocycles. The van der Waals surface area contributed by atoms with Crippen molar-refractivity contribution in [3.63, 3.8) is 0 Å². The van der Waals surface area contributed by atoms with Crippen LogP contribution in [0.15, 0.2) is 30.3 Å². The predicted molar refractivity (Wildman–Crippen MR) is 81.5 cm³/mol. The van der Waals surface area contributed by atoms with Gasteiger partial charge in [-0.3, -0.25) is 9.59 Å². The molecule has 0 aliphatic rings. The molecule has 2 amide bonds. The van der Waals surface area contributed by atoms with Crippen LogP contribution in [0.3, 0.4) is 0 Å². The molecule has 1 rings (SSSR count). The standard InChI is InChI=1S/C16H24N2O3/c1-11(2)14(17-12(3)20)15(21)18-16(4,10-19)13-8-6-5-7-9-13/h5-9,11,14,19H,10H2,1-4H3,(H,17,20)(H,18,21). The highest BCUT2D eigenvalue weighted by atomic mass is 16.3. The number of nitrogens with one attached hydrogen (secondary N) is 2. The van der Waals surface area contributed by atoms with Crippen LogP contribution in [0.5, 0.6) is 0 Å². The van der Waals surface area contributed by atoms with Crippen LogP contribution in [0.25, 0.3) is 0 Å². The number of hydrogen-bond acceptors (Lipinski definition) is 3. The summed E-state index contributed by atoms with van der Waals surface area (Å²) in [5, 5.41) is 15.2. The molecule has 2 unspecified atom stereocenters. The van der Waals surface area contributed by atoms with Crippen LogP contribution in [0, 0.1) is 5.92 Å². The average molecular weight is 292 g/mol. The lowest BCUT2D eigenvalue weighted by molar-refractivity contribution is -0.130. The van der Waals surface area contributed by atoms with Gasteiger partial charge in [-0.05, 0) is 18.4 Å². The van der Waals surface area contributed by atoms with Gasteiger partial charge in [0, 0.05) is 6.92 Å². The molecular weight excluding hydrogens is 268 g/mol. The first kappa shape index (κ1) is 17.2. The Kier molecular flexibility index (Phi) is 5.90. The molecule has 0 saturated heterocycles. The number of rotatable bonds is 6. The van der Waals surface area contributed by atoms with Gasteiger partial charge in [-0.25, -0.2) is 0 Å². The second-order valence-corrected chi connectivity index (χ2v) is 5.77. The van der Waals surface area contributed by atoms with Crippen LogP contribution in [-0.2, 0) is 15.1 Å². The van der Waals surface area contributed by atoms with E-state index in [1.54, 1.807) is 6.92 Å². The number of amides is 2. The first-order valence-corrected chi connectivity index (χ1v) is 7.05. The van der Waals surface area contributed by atoms with E-state index in [4.69, 9.17) is 0 Å². The number of carbonyl (C=O) groups is 2. The number of aliphatic hydroxyl groups excluding tert-OH is 1. The Bertz CT molecular complexity index is 488. The van der Waals surface area contributed by atoms with Gasteiger partial charge in [0.15, 0.2) is 0 Å². The maximum Gasteiger partial charge on any atom is 0.243 e. The lowest BCUT2D eigenvalue weighted by Gasteiger charge is -2.32. The maximum absolute atomic E-state index is 12.4. The van der Waals surface area contributed by atoms with Crippen molar-refractivity contribution >= 4 is 11.8 Å². The summed E-state index contributed by atoms with van der Waals surface area (Å²) in [7, 11) is 0. The molecule has 3 N–H and O–H groups in total. The maximum atomic E-state index is 12.4. The quantitative estimate of drug-likeness (QED) is 0.736. The summed E-state index contributed by atoms with van der Waals surface area (Å²) in [4.78, 5) is 23.7. The molecule has 5 nitrogen and oxygen atoms in total. The Balaban J connectivity index is 2.94. The fourth-order valence-electron chi connectivity index (χ4n) is 2.11. The topological polar surface area (TPSA) is 78.4 Å². The van der Waals surface area contributed by atoms with Crippen molar-refractivity contribution in [2.75, 3.05) is 6.61 Å². The summed E-state index contributed by atoms with van der Waals surface area (Å²) in [5.74, 6) is -0.609. The molecule has 116 valence electrons. The van der Waals surface area contributed by atoms with Gasteiger partial charge in [0.05, 0.1) is 12.1 Å². The fourth-order valence-corrected chi connectivity index (χ4v) is 2.11. The molecule has 0 saturated carbocycles. The van der Waals surface area contributed by atoms with Crippen molar-refractivity contribution in [2.45, 2.75) is 39.3 Å². The minimum Gasteiger partial charge on any atom is -0.394 e. The molecule has 0 aliphatic carbocycles. The zero-order chi connectivity index (χ0) is 16.0. The van der Waals surface area contributed by atoms with Crippen molar-refractivity contribution < 1.29 is 14.7 Å². The minimum atomic E-state index is -0.885. The summed E-state index contributed by atoms with van der Waals surface area (Å²) >= 11 is 0. The first-order valence-electron chi connectivity index (χ1n) is 7.05. The molecule has 1 aromatic carbocycles. The van der Waals surface area contributed by atoms with Gasteiger partial charge in [-0.15, -0.1) is 0 Å². The third-order valence-electron chi connectivity index (χ3n) is 3.43. The van der Waals surface area contributed by atoms with Crippen LogP contribution in [0.2, 0.25) is 0 Å². The fraction of sp³-hybridized carbons (Fsp3) is 0.500. The zero-order valence-electron chi connectivity index (χ0n) is 13.0. The van der Waals surface area contributed by atoms with Crippen LogP contribution in [0.1, 0.15) is 33.3 Å². The molecule has 0 fully saturated rings. The monoisotopic (exact) mass is 292 g/mol. The van der Waals surface area contributed by atoms with Gasteiger partial charge in [-0.2, -0.15) is 0 Å². The van der Waals surface area contributed by atoms with E-state index < -0.39 is 11.6 Å². The van der Waals surface area contributed by atoms with Gasteiger partial charge in [0.25, 0.3) is 0 Å². The van der Waals surface area contributed by atoms with Gasteiger partial charge in [0.2, 0.25) is 11.8 Å². The SMILES string of the molecule is CC(=O)NC(C(=O)NC(C)(CO)c1ccccc1)C(C)C. The number of carbonyl (C=O) groups excluding carboxylic acids is 2. The summed E-state index contributed by atoms with van der Waals surface area (Å²) in [6.07, 6.45) is 0. The van der Waals surface area contributed by atoms with Gasteiger partial charge in [-0.1, -0.05) is 44.2 Å². The predicted octanol–water partition coefficient (Wildman–Crippen LogP) is 1.17. The van der Waals surface area contributed by atoms with Gasteiger partial charge < -0.3 is 15.7 Å². The Morgan fingerprint density at radius 1 is 1.24 bits per heavy atom. The largest absolute Gasteiger partial charge is 0.394 e. The Morgan fingerprint density at radius 2 is 1.81 bits per heavy atom. The normalized spacial score (nSPS) is 15.1. The molecule has 2 atom stereocenters. The lowest BCUT2D eigenvalue weighted by Crippen LogP contribution is -2.55. The third kappa shape index (κ3) is 4.56. The van der Waals surface area contributed by atoms with Crippen molar-refractivity contribution in [1.82, 2.24) is 10.6 Å². The van der Waals surface area contributed by atoms with Gasteiger partial charge in [0.1, 0.15) is 6.04 Å². The molecule has 5 heteroatoms. The molecule has 21 heavy (non-hydrogen) atoms. The second kappa shape index (κ2) is 7.22. The van der Waals surface area contributed by atoms with E-state index in [2.05, 4.69) is 10.6 Å². The Hall–Kier alpha value is -1.88. The van der Waals surface area contributed by atoms with Crippen molar-refractivity contribution in [3.05, 3.63) is 35.9 Å². The second-order valence-electron chi connectivity index (χ2n) is 5.77. The van der Waals surface area contributed by atoms with E-state index in [1.807, 2.05) is 44.2 Å². The van der Waals surface area contributed by atoms with Gasteiger partial charge >= 0.3 is 0 Å². The van der Waals surface area contributed by atoms with E-state index in [-0.39, 0.29) is 24.3 Å². The first-order chi connectivity index (χ1) is 9.80. The highest BCUT2D eigenvalue weighted by Gasteiger charge is 2.32. The third-order valence-corrected chi connectivity index (χ3v) is 3.43. The molecule has 0 bridgehead atoms. The highest BCUT2D eigenvalue weighted by Crippen LogP contribution is 2.20. The number of hydrogen-bond donors (Lipinski definition) is 3. The van der Waals surface area contributed by atoms with Crippen LogP contribution >= 0.6 is 0 Å². The zero-order valence-corrected chi connectivity index (χ0v) is 13.0. The van der Waals surface area contributed by atoms with E-state index in [1.165, 1.54) is 6.92 Å². The Morgan fingerprint density at radius 3 is 2.24 bits per heavy atom. The van der Waals surface area contributed by atoms with Crippen LogP contribution < -0.4 is 10.6 Å². The summed E-state index contributed by atoms with van der Waals surface area (Å²) in [6.45, 7) is 6.63. The minimum absolute atomic E-state index is 0.0485. The van der Waals surface area contributed by atoms with E-state index in [9.17, 15) is 14.7 Å². The van der Waals surface area contributed by atoms with E-state index in [0.29, 0.717) is 0 Å². The molecule has 1 aromatic rings. The van der Waals surface area contributed by atoms with Crippen LogP contribution in [-0.4, -0.2) is 29.6 Å². The van der Waals surface area contributed by atoms with Crippen molar-refractivity contribution in [2.24, 2.45) is 5.92 Å². The molecule has 0 spiro atoms. The molecule has 0 aliphatic heterocycles. The van der Waals surface area contributed by atoms with Crippen molar-refractivity contribution in [3.8, 4) is 0 Å². The van der Waals surface area contributed by atoms with Crippen molar-refractivity contribution in [1.29, 1.82) is 0 Å². The smallest absolute Gasteiger partial charge is 0.243 e. The molecule has 0 aromatic heterocycles. The highest BCUT2D eigenvalue weighted by molar-refractivity contribution is 5.87. The summed E-state index contributed by atoms with van der Waals surface area (Å²) in [6, 6.07) is 8.64. The van der Waals surface area contributed by atoms with E-state index >= 15 is 0 Å². The summed E-state index contributed by atoms with van der Waals surface area (Å²) in [5.41, 5.74) is -0.0737. The summed E-state index contributed by atoms with van der Waals surface area (Å²) < 4.78 is 0. The molecular formula is C16H24N2O3.